The first-order valence-electron chi connectivity index (χ1n) is 7.21. The minimum absolute atomic E-state index is 0. The molecule has 0 heterocycles. The Labute approximate surface area is 199 Å². The number of nitrogens with one attached hydrogen (secondary N) is 1. The van der Waals surface area contributed by atoms with Crippen LogP contribution < -0.4 is 5.32 Å². The number of carboxylic acid groups (broad SMARTS) is 5. The van der Waals surface area contributed by atoms with Crippen molar-refractivity contribution in [1.29, 1.82) is 0 Å². The fraction of sp³-hybridized carbons (Fsp3) is 0.214. The van der Waals surface area contributed by atoms with Crippen molar-refractivity contribution in [2.75, 3.05) is 12.7 Å². The Hall–Kier alpha value is -2.06. The Kier molecular flexibility index (Phi) is 16.1. The molecule has 31 heavy (non-hydrogen) atoms. The molecule has 1 aromatic rings. The van der Waals surface area contributed by atoms with Gasteiger partial charge in [-0.1, -0.05) is 0 Å². The molecule has 17 heteroatoms. The Morgan fingerprint density at radius 3 is 1.32 bits per heavy atom. The summed E-state index contributed by atoms with van der Waals surface area (Å²) in [6.45, 7) is -0.670. The summed E-state index contributed by atoms with van der Waals surface area (Å²) in [4.78, 5) is 69.1. The number of hydrogen-bond acceptors (Lipinski definition) is 7. The first kappa shape index (κ1) is 33.6. The van der Waals surface area contributed by atoms with Crippen molar-refractivity contribution < 1.29 is 80.3 Å². The molecule has 0 aliphatic rings. The van der Waals surface area contributed by atoms with E-state index in [1.165, 1.54) is 0 Å². The van der Waals surface area contributed by atoms with Crippen LogP contribution in [0.2, 0.25) is 0 Å². The topological polar surface area (TPSA) is 256 Å². The predicted octanol–water partition coefficient (Wildman–Crippen LogP) is -1.85. The molecular formula is C14H18MgNNiO13P. The van der Waals surface area contributed by atoms with Crippen molar-refractivity contribution >= 4 is 60.5 Å². The van der Waals surface area contributed by atoms with Crippen LogP contribution in [0.4, 0.5) is 0 Å². The van der Waals surface area contributed by atoms with Crippen molar-refractivity contribution in [3.05, 3.63) is 34.9 Å². The minimum Gasteiger partial charge on any atom is -0.480 e. The third kappa shape index (κ3) is 14.6. The summed E-state index contributed by atoms with van der Waals surface area (Å²) in [5, 5.41) is 44.5. The van der Waals surface area contributed by atoms with Crippen molar-refractivity contribution in [2.24, 2.45) is 0 Å². The van der Waals surface area contributed by atoms with E-state index in [2.05, 4.69) is 0 Å². The summed E-state index contributed by atoms with van der Waals surface area (Å²) < 4.78 is 10.4. The quantitative estimate of drug-likeness (QED) is 0.131. The van der Waals surface area contributed by atoms with Gasteiger partial charge in [0.15, 0.2) is 0 Å². The minimum atomic E-state index is -4.47. The third-order valence-electron chi connectivity index (χ3n) is 2.89. The molecule has 0 aliphatic carbocycles. The molecule has 0 spiro atoms. The molecule has 0 saturated heterocycles. The summed E-state index contributed by atoms with van der Waals surface area (Å²) in [5.41, 5.74) is -1.10. The molecule has 0 radical (unpaired) electrons. The average Bonchev–Trinajstić information content (AvgIpc) is 2.57. The molecule has 14 nitrogen and oxygen atoms in total. The molecule has 0 fully saturated rings. The third-order valence-corrected chi connectivity index (χ3v) is 3.73. The van der Waals surface area contributed by atoms with Crippen molar-refractivity contribution in [1.82, 2.24) is 5.32 Å². The summed E-state index contributed by atoms with van der Waals surface area (Å²) >= 11 is 0. The number of aromatic carboxylic acids is 3. The average molecular weight is 522 g/mol. The summed E-state index contributed by atoms with van der Waals surface area (Å²) in [5.74, 6) is -6.93. The van der Waals surface area contributed by atoms with Gasteiger partial charge in [-0.05, 0) is 18.2 Å². The molecule has 0 saturated carbocycles. The van der Waals surface area contributed by atoms with Gasteiger partial charge in [0.05, 0.1) is 29.4 Å². The molecule has 0 bridgehead atoms. The second-order valence-corrected chi connectivity index (χ2v) is 6.92. The van der Waals surface area contributed by atoms with Gasteiger partial charge < -0.3 is 35.3 Å². The number of hydrogen-bond donors (Lipinski definition) is 8. The fourth-order valence-corrected chi connectivity index (χ4v) is 2.44. The SMILES string of the molecule is O=C(O)CNC(CP(=O)(O)O)C(=O)O.O=C(O)c1cc(C(=O)O)cc(C(=O)O)c1.[MgH2].[Ni]. The van der Waals surface area contributed by atoms with Crippen LogP contribution in [0.1, 0.15) is 31.1 Å². The van der Waals surface area contributed by atoms with Crippen LogP contribution in [0.3, 0.4) is 0 Å². The van der Waals surface area contributed by atoms with E-state index in [1.807, 2.05) is 5.32 Å². The number of benzene rings is 1. The predicted molar refractivity (Wildman–Crippen MR) is 99.8 cm³/mol. The van der Waals surface area contributed by atoms with Crippen molar-refractivity contribution in [2.45, 2.75) is 6.04 Å². The van der Waals surface area contributed by atoms with Crippen molar-refractivity contribution in [3.63, 3.8) is 0 Å². The first-order chi connectivity index (χ1) is 13.1. The van der Waals surface area contributed by atoms with Crippen LogP contribution in [-0.2, 0) is 30.6 Å². The molecule has 0 aliphatic heterocycles. The summed E-state index contributed by atoms with van der Waals surface area (Å²) in [6, 6.07) is 1.14. The molecule has 8 N–H and O–H groups in total. The van der Waals surface area contributed by atoms with Crippen LogP contribution in [0.5, 0.6) is 0 Å². The molecule has 0 aromatic heterocycles. The molecule has 1 aromatic carbocycles. The van der Waals surface area contributed by atoms with Gasteiger partial charge in [0.2, 0.25) is 0 Å². The molecule has 1 rings (SSSR count). The Morgan fingerprint density at radius 1 is 0.806 bits per heavy atom. The van der Waals surface area contributed by atoms with Gasteiger partial charge in [0.1, 0.15) is 6.04 Å². The van der Waals surface area contributed by atoms with Crippen LogP contribution >= 0.6 is 7.60 Å². The van der Waals surface area contributed by atoms with Gasteiger partial charge in [-0.25, -0.2) is 14.4 Å². The number of carbonyl (C=O) groups is 5. The smallest absolute Gasteiger partial charge is 0.335 e. The molecule has 174 valence electrons. The zero-order valence-electron chi connectivity index (χ0n) is 14.6. The largest absolute Gasteiger partial charge is 0.480 e. The van der Waals surface area contributed by atoms with Gasteiger partial charge in [-0.15, -0.1) is 0 Å². The monoisotopic (exact) mass is 521 g/mol. The molecule has 1 atom stereocenters. The van der Waals surface area contributed by atoms with Gasteiger partial charge in [-0.3, -0.25) is 19.5 Å². The van der Waals surface area contributed by atoms with E-state index in [9.17, 15) is 28.5 Å². The Bertz CT molecular complexity index is 793. The number of carboxylic acids is 5. The molecular weight excluding hydrogens is 504 g/mol. The standard InChI is InChI=1S/C9H6O6.C5H10NO7P.Mg.Ni.2H/c10-7(11)4-1-5(8(12)13)3-6(2-4)9(14)15;7-4(8)1-6-3(5(9)10)2-14(11,12)13;;;;/h1-3H,(H,10,11)(H,12,13)(H,14,15);3,6H,1-2H2,(H,7,8)(H,9,10)(H2,11,12,13);;;;. The normalized spacial score (nSPS) is 10.8. The molecule has 1 unspecified atom stereocenters. The second-order valence-electron chi connectivity index (χ2n) is 5.23. The Morgan fingerprint density at radius 2 is 1.13 bits per heavy atom. The van der Waals surface area contributed by atoms with E-state index in [0.29, 0.717) is 0 Å². The van der Waals surface area contributed by atoms with E-state index in [-0.39, 0.29) is 56.2 Å². The van der Waals surface area contributed by atoms with E-state index in [4.69, 9.17) is 35.3 Å². The maximum absolute atomic E-state index is 10.6. The van der Waals surface area contributed by atoms with Crippen molar-refractivity contribution in [3.8, 4) is 0 Å². The first-order valence-corrected chi connectivity index (χ1v) is 9.01. The van der Waals surface area contributed by atoms with E-state index >= 15 is 0 Å². The summed E-state index contributed by atoms with van der Waals surface area (Å²) in [6.07, 6.45) is -0.935. The van der Waals surface area contributed by atoms with E-state index < -0.39 is 56.2 Å². The zero-order valence-corrected chi connectivity index (χ0v) is 16.4. The van der Waals surface area contributed by atoms with Crippen LogP contribution in [-0.4, -0.2) is 107 Å². The van der Waals surface area contributed by atoms with Crippen LogP contribution in [0.15, 0.2) is 18.2 Å². The van der Waals surface area contributed by atoms with E-state index in [1.54, 1.807) is 0 Å². The fourth-order valence-electron chi connectivity index (χ4n) is 1.68. The number of aliphatic carboxylic acids is 2. The van der Waals surface area contributed by atoms with Gasteiger partial charge in [-0.2, -0.15) is 0 Å². The van der Waals surface area contributed by atoms with Gasteiger partial charge in [0.25, 0.3) is 0 Å². The summed E-state index contributed by atoms with van der Waals surface area (Å²) in [7, 11) is -4.47. The molecule has 0 amide bonds. The maximum atomic E-state index is 10.6. The van der Waals surface area contributed by atoms with Gasteiger partial charge >= 0.3 is 60.5 Å². The van der Waals surface area contributed by atoms with Gasteiger partial charge in [0, 0.05) is 16.5 Å². The Balaban J connectivity index is -0.000000477. The van der Waals surface area contributed by atoms with Crippen LogP contribution in [0, 0.1) is 0 Å². The zero-order chi connectivity index (χ0) is 22.9. The number of rotatable bonds is 9. The second kappa shape index (κ2) is 14.9. The van der Waals surface area contributed by atoms with E-state index in [0.717, 1.165) is 18.2 Å². The maximum Gasteiger partial charge on any atom is 0.335 e. The van der Waals surface area contributed by atoms with Crippen LogP contribution in [0.25, 0.3) is 0 Å².